The van der Waals surface area contributed by atoms with Crippen molar-refractivity contribution in [3.8, 4) is 0 Å². The van der Waals surface area contributed by atoms with Crippen LogP contribution in [0.25, 0.3) is 0 Å². The van der Waals surface area contributed by atoms with E-state index in [1.54, 1.807) is 0 Å². The fraction of sp³-hybridized carbons (Fsp3) is 0.600. The maximum Gasteiger partial charge on any atom is 0.287 e. The van der Waals surface area contributed by atoms with E-state index in [2.05, 4.69) is 5.16 Å². The molecule has 8 heteroatoms. The first-order chi connectivity index (χ1) is 8.67. The summed E-state index contributed by atoms with van der Waals surface area (Å²) in [6.07, 6.45) is 0. The fourth-order valence-corrected chi connectivity index (χ4v) is 1.30. The van der Waals surface area contributed by atoms with E-state index in [0.717, 1.165) is 0 Å². The predicted octanol–water partition coefficient (Wildman–Crippen LogP) is -1.28. The lowest BCUT2D eigenvalue weighted by molar-refractivity contribution is 0.0758. The number of carbonyl (C=O) groups excluding carboxylic acids is 1. The Morgan fingerprint density at radius 1 is 1.67 bits per heavy atom. The highest BCUT2D eigenvalue weighted by atomic mass is 16.5. The van der Waals surface area contributed by atoms with Crippen molar-refractivity contribution in [3.63, 3.8) is 0 Å². The van der Waals surface area contributed by atoms with Crippen molar-refractivity contribution in [2.24, 2.45) is 5.84 Å². The molecule has 0 unspecified atom stereocenters. The topological polar surface area (TPSA) is 114 Å². The van der Waals surface area contributed by atoms with Crippen molar-refractivity contribution in [3.05, 3.63) is 17.5 Å². The number of nitrogens with one attached hydrogen (secondary N) is 1. The molecule has 0 saturated carbocycles. The summed E-state index contributed by atoms with van der Waals surface area (Å²) in [4.78, 5) is 13.1. The molecule has 1 aromatic rings. The summed E-state index contributed by atoms with van der Waals surface area (Å²) in [6.45, 7) is 2.05. The molecule has 0 bridgehead atoms. The number of aliphatic hydroxyl groups is 1. The van der Waals surface area contributed by atoms with E-state index in [0.29, 0.717) is 32.1 Å². The molecule has 1 rings (SSSR count). The predicted molar refractivity (Wildman–Crippen MR) is 62.4 cm³/mol. The van der Waals surface area contributed by atoms with E-state index in [-0.39, 0.29) is 12.3 Å². The number of hydrazine groups is 1. The fourth-order valence-electron chi connectivity index (χ4n) is 1.30. The van der Waals surface area contributed by atoms with Gasteiger partial charge in [-0.05, 0) is 7.05 Å². The number of carbonyl (C=O) groups is 1. The monoisotopic (exact) mass is 258 g/mol. The van der Waals surface area contributed by atoms with Gasteiger partial charge in [-0.25, -0.2) is 5.84 Å². The highest BCUT2D eigenvalue weighted by Gasteiger charge is 2.12. The number of hydrogen-bond acceptors (Lipinski definition) is 7. The van der Waals surface area contributed by atoms with Crippen LogP contribution in [0, 0.1) is 0 Å². The minimum absolute atomic E-state index is 0.0172. The highest BCUT2D eigenvalue weighted by Crippen LogP contribution is 2.06. The van der Waals surface area contributed by atoms with Gasteiger partial charge in [0, 0.05) is 12.6 Å². The van der Waals surface area contributed by atoms with Gasteiger partial charge < -0.3 is 14.4 Å². The summed E-state index contributed by atoms with van der Waals surface area (Å²) in [5, 5.41) is 12.1. The Kier molecular flexibility index (Phi) is 6.29. The van der Waals surface area contributed by atoms with E-state index >= 15 is 0 Å². The van der Waals surface area contributed by atoms with Gasteiger partial charge in [-0.1, -0.05) is 5.16 Å². The highest BCUT2D eigenvalue weighted by molar-refractivity contribution is 5.91. The van der Waals surface area contributed by atoms with Gasteiger partial charge in [0.15, 0.2) is 11.5 Å². The first-order valence-electron chi connectivity index (χ1n) is 5.51. The second kappa shape index (κ2) is 7.77. The van der Waals surface area contributed by atoms with Crippen molar-refractivity contribution in [2.75, 3.05) is 33.4 Å². The van der Waals surface area contributed by atoms with Crippen molar-refractivity contribution in [1.29, 1.82) is 0 Å². The Bertz CT molecular complexity index is 369. The number of hydrogen-bond donors (Lipinski definition) is 3. The van der Waals surface area contributed by atoms with Crippen LogP contribution >= 0.6 is 0 Å². The standard InChI is InChI=1S/C10H18N4O4/c1-14(2-4-17-5-3-15)7-8-6-9(13-18-8)10(16)12-11/h6,15H,2-5,7,11H2,1H3,(H,12,16). The average Bonchev–Trinajstić information content (AvgIpc) is 2.82. The molecule has 0 radical (unpaired) electrons. The van der Waals surface area contributed by atoms with E-state index < -0.39 is 5.91 Å². The zero-order valence-electron chi connectivity index (χ0n) is 10.3. The van der Waals surface area contributed by atoms with Crippen LogP contribution in [-0.2, 0) is 11.3 Å². The molecular formula is C10H18N4O4. The second-order valence-corrected chi connectivity index (χ2v) is 3.73. The summed E-state index contributed by atoms with van der Waals surface area (Å²) in [5.41, 5.74) is 2.13. The van der Waals surface area contributed by atoms with Gasteiger partial charge in [-0.3, -0.25) is 15.1 Å². The van der Waals surface area contributed by atoms with E-state index in [4.69, 9.17) is 20.2 Å². The molecule has 18 heavy (non-hydrogen) atoms. The van der Waals surface area contributed by atoms with Gasteiger partial charge in [-0.2, -0.15) is 0 Å². The first kappa shape index (κ1) is 14.6. The van der Waals surface area contributed by atoms with Crippen LogP contribution in [0.4, 0.5) is 0 Å². The quantitative estimate of drug-likeness (QED) is 0.230. The van der Waals surface area contributed by atoms with Crippen LogP contribution in [0.15, 0.2) is 10.6 Å². The van der Waals surface area contributed by atoms with E-state index in [1.807, 2.05) is 17.4 Å². The lowest BCUT2D eigenvalue weighted by Crippen LogP contribution is -2.30. The van der Waals surface area contributed by atoms with Crippen LogP contribution in [0.3, 0.4) is 0 Å². The normalized spacial score (nSPS) is 10.9. The number of amides is 1. The van der Waals surface area contributed by atoms with Gasteiger partial charge in [0.25, 0.3) is 5.91 Å². The number of aromatic nitrogens is 1. The van der Waals surface area contributed by atoms with Crippen LogP contribution in [0.5, 0.6) is 0 Å². The lowest BCUT2D eigenvalue weighted by atomic mass is 10.3. The van der Waals surface area contributed by atoms with Crippen LogP contribution in [0.2, 0.25) is 0 Å². The van der Waals surface area contributed by atoms with E-state index in [1.165, 1.54) is 6.07 Å². The minimum Gasteiger partial charge on any atom is -0.394 e. The number of rotatable bonds is 8. The zero-order chi connectivity index (χ0) is 13.4. The lowest BCUT2D eigenvalue weighted by Gasteiger charge is -2.14. The summed E-state index contributed by atoms with van der Waals surface area (Å²) in [6, 6.07) is 1.53. The SMILES string of the molecule is CN(CCOCCO)Cc1cc(C(=O)NN)no1. The number of nitrogens with zero attached hydrogens (tertiary/aromatic N) is 2. The van der Waals surface area contributed by atoms with Crippen molar-refractivity contribution in [1.82, 2.24) is 15.5 Å². The molecular weight excluding hydrogens is 240 g/mol. The third kappa shape index (κ3) is 4.80. The Balaban J connectivity index is 2.33. The third-order valence-corrected chi connectivity index (χ3v) is 2.20. The molecule has 1 amide bonds. The van der Waals surface area contributed by atoms with Gasteiger partial charge in [0.2, 0.25) is 0 Å². The summed E-state index contributed by atoms with van der Waals surface area (Å²) in [7, 11) is 1.88. The van der Waals surface area contributed by atoms with Crippen LogP contribution in [-0.4, -0.2) is 54.5 Å². The number of likely N-dealkylation sites (N-methyl/N-ethyl adjacent to an activating group) is 1. The molecule has 1 aromatic heterocycles. The third-order valence-electron chi connectivity index (χ3n) is 2.20. The molecule has 0 spiro atoms. The Morgan fingerprint density at radius 3 is 3.11 bits per heavy atom. The smallest absolute Gasteiger partial charge is 0.287 e. The van der Waals surface area contributed by atoms with Crippen LogP contribution in [0.1, 0.15) is 16.2 Å². The minimum atomic E-state index is -0.487. The maximum atomic E-state index is 11.1. The Hall–Kier alpha value is -1.48. The van der Waals surface area contributed by atoms with Crippen molar-refractivity contribution >= 4 is 5.91 Å². The second-order valence-electron chi connectivity index (χ2n) is 3.73. The molecule has 8 nitrogen and oxygen atoms in total. The average molecular weight is 258 g/mol. The molecule has 1 heterocycles. The van der Waals surface area contributed by atoms with Crippen molar-refractivity contribution < 1.29 is 19.2 Å². The molecule has 0 saturated heterocycles. The Labute approximate surface area is 105 Å². The molecule has 0 aliphatic carbocycles. The van der Waals surface area contributed by atoms with Gasteiger partial charge >= 0.3 is 0 Å². The van der Waals surface area contributed by atoms with Gasteiger partial charge in [0.05, 0.1) is 26.4 Å². The number of aliphatic hydroxyl groups excluding tert-OH is 1. The summed E-state index contributed by atoms with van der Waals surface area (Å²) >= 11 is 0. The number of ether oxygens (including phenoxy) is 1. The van der Waals surface area contributed by atoms with Crippen LogP contribution < -0.4 is 11.3 Å². The maximum absolute atomic E-state index is 11.1. The molecule has 102 valence electrons. The summed E-state index contributed by atoms with van der Waals surface area (Å²) in [5.74, 6) is 5.06. The first-order valence-corrected chi connectivity index (χ1v) is 5.51. The largest absolute Gasteiger partial charge is 0.394 e. The van der Waals surface area contributed by atoms with Crippen molar-refractivity contribution in [2.45, 2.75) is 6.54 Å². The molecule has 0 aliphatic rings. The van der Waals surface area contributed by atoms with E-state index in [9.17, 15) is 4.79 Å². The molecule has 4 N–H and O–H groups in total. The molecule has 0 aliphatic heterocycles. The number of nitrogen functional groups attached to an aromatic ring is 1. The molecule has 0 atom stereocenters. The summed E-state index contributed by atoms with van der Waals surface area (Å²) < 4.78 is 10.1. The number of nitrogens with two attached hydrogens (primary N) is 1. The van der Waals surface area contributed by atoms with Gasteiger partial charge in [-0.15, -0.1) is 0 Å². The molecule has 0 fully saturated rings. The molecule has 0 aromatic carbocycles. The zero-order valence-corrected chi connectivity index (χ0v) is 10.3. The Morgan fingerprint density at radius 2 is 2.44 bits per heavy atom. The van der Waals surface area contributed by atoms with Gasteiger partial charge in [0.1, 0.15) is 0 Å².